The molecule has 1 aromatic heterocycles. The molecule has 3 aromatic carbocycles. The number of aromatic nitrogens is 2. The Bertz CT molecular complexity index is 1330. The van der Waals surface area contributed by atoms with E-state index in [1.165, 1.54) is 7.11 Å². The molecule has 1 N–H and O–H groups in total. The molecule has 0 aliphatic carbocycles. The first-order chi connectivity index (χ1) is 17.2. The number of hydrogen-bond donors (Lipinski definition) is 1. The number of fused-ring (bicyclic) bond motifs is 1. The van der Waals surface area contributed by atoms with Crippen molar-refractivity contribution in [2.24, 2.45) is 5.16 Å². The Morgan fingerprint density at radius 1 is 1.00 bits per heavy atom. The fourth-order valence-corrected chi connectivity index (χ4v) is 4.97. The van der Waals surface area contributed by atoms with E-state index < -0.39 is 12.0 Å². The molecule has 0 saturated carbocycles. The van der Waals surface area contributed by atoms with E-state index in [4.69, 9.17) is 4.84 Å². The van der Waals surface area contributed by atoms with Crippen molar-refractivity contribution in [1.29, 1.82) is 0 Å². The standard InChI is InChI=1S/C26H23N5O3S/c1-34-28-19-15-22(25(32)27-20-13-8-14-21-24(20)30-35-29-21)31(16-19)26(33)23(17-9-4-2-5-10-17)18-11-6-3-7-12-18/h2-14,22-23H,15-16H2,1H3,(H,27,32)/b28-19-/t22-/m0/s1. The Labute approximate surface area is 206 Å². The molecule has 1 fully saturated rings. The molecule has 8 nitrogen and oxygen atoms in total. The predicted octanol–water partition coefficient (Wildman–Crippen LogP) is 4.07. The van der Waals surface area contributed by atoms with Gasteiger partial charge >= 0.3 is 0 Å². The molecule has 1 aliphatic rings. The van der Waals surface area contributed by atoms with E-state index in [1.54, 1.807) is 11.0 Å². The lowest BCUT2D eigenvalue weighted by Crippen LogP contribution is -2.45. The molecule has 0 spiro atoms. The molecule has 0 unspecified atom stereocenters. The van der Waals surface area contributed by atoms with Crippen molar-refractivity contribution in [3.8, 4) is 0 Å². The highest BCUT2D eigenvalue weighted by Crippen LogP contribution is 2.31. The number of carbonyl (C=O) groups is 2. The van der Waals surface area contributed by atoms with E-state index in [0.29, 0.717) is 22.4 Å². The summed E-state index contributed by atoms with van der Waals surface area (Å²) < 4.78 is 8.53. The van der Waals surface area contributed by atoms with Gasteiger partial charge in [-0.3, -0.25) is 9.59 Å². The zero-order valence-corrected chi connectivity index (χ0v) is 19.8. The first kappa shape index (κ1) is 22.7. The lowest BCUT2D eigenvalue weighted by Gasteiger charge is -2.28. The quantitative estimate of drug-likeness (QED) is 0.416. The van der Waals surface area contributed by atoms with Crippen LogP contribution >= 0.6 is 11.7 Å². The van der Waals surface area contributed by atoms with Gasteiger partial charge in [0.2, 0.25) is 11.8 Å². The molecule has 9 heteroatoms. The Morgan fingerprint density at radius 2 is 1.69 bits per heavy atom. The number of nitrogens with one attached hydrogen (secondary N) is 1. The van der Waals surface area contributed by atoms with E-state index in [-0.39, 0.29) is 24.8 Å². The topological polar surface area (TPSA) is 96.8 Å². The monoisotopic (exact) mass is 485 g/mol. The largest absolute Gasteiger partial charge is 0.399 e. The highest BCUT2D eigenvalue weighted by molar-refractivity contribution is 7.00. The second kappa shape index (κ2) is 10.0. The van der Waals surface area contributed by atoms with Crippen LogP contribution in [0.25, 0.3) is 11.0 Å². The maximum absolute atomic E-state index is 14.1. The van der Waals surface area contributed by atoms with Gasteiger partial charge in [-0.2, -0.15) is 8.75 Å². The van der Waals surface area contributed by atoms with Crippen molar-refractivity contribution < 1.29 is 14.4 Å². The summed E-state index contributed by atoms with van der Waals surface area (Å²) in [5.74, 6) is -1.03. The SMILES string of the molecule is CO/N=C1/C[C@@H](C(=O)Nc2cccc3nsnc23)N(C(=O)C(c2ccccc2)c2ccccc2)C1. The summed E-state index contributed by atoms with van der Waals surface area (Å²) in [4.78, 5) is 34.1. The van der Waals surface area contributed by atoms with Gasteiger partial charge in [-0.1, -0.05) is 71.9 Å². The van der Waals surface area contributed by atoms with E-state index in [0.717, 1.165) is 22.9 Å². The molecule has 35 heavy (non-hydrogen) atoms. The summed E-state index contributed by atoms with van der Waals surface area (Å²) in [5.41, 5.74) is 4.25. The third-order valence-electron chi connectivity index (χ3n) is 6.02. The molecule has 1 atom stereocenters. The third kappa shape index (κ3) is 4.63. The number of anilines is 1. The van der Waals surface area contributed by atoms with Crippen LogP contribution in [0.2, 0.25) is 0 Å². The number of benzene rings is 3. The normalized spacial score (nSPS) is 16.7. The van der Waals surface area contributed by atoms with Crippen LogP contribution in [0.15, 0.2) is 84.0 Å². The van der Waals surface area contributed by atoms with E-state index in [9.17, 15) is 9.59 Å². The van der Waals surface area contributed by atoms with Crippen LogP contribution in [0.1, 0.15) is 23.5 Å². The Kier molecular flexibility index (Phi) is 6.49. The van der Waals surface area contributed by atoms with E-state index >= 15 is 0 Å². The van der Waals surface area contributed by atoms with Gasteiger partial charge in [0.15, 0.2) is 0 Å². The minimum atomic E-state index is -0.742. The average molecular weight is 486 g/mol. The molecule has 1 saturated heterocycles. The number of hydrogen-bond acceptors (Lipinski definition) is 7. The fourth-order valence-electron chi connectivity index (χ4n) is 4.42. The molecule has 0 radical (unpaired) electrons. The maximum atomic E-state index is 14.1. The second-order valence-corrected chi connectivity index (χ2v) is 8.74. The molecule has 4 aromatic rings. The molecule has 2 heterocycles. The maximum Gasteiger partial charge on any atom is 0.247 e. The molecule has 1 aliphatic heterocycles. The zero-order chi connectivity index (χ0) is 24.2. The van der Waals surface area contributed by atoms with Gasteiger partial charge in [0.25, 0.3) is 0 Å². The van der Waals surface area contributed by atoms with Crippen molar-refractivity contribution in [2.75, 3.05) is 19.0 Å². The minimum absolute atomic E-state index is 0.169. The molecular weight excluding hydrogens is 462 g/mol. The van der Waals surface area contributed by atoms with Crippen molar-refractivity contribution in [3.63, 3.8) is 0 Å². The van der Waals surface area contributed by atoms with Crippen LogP contribution in [0.4, 0.5) is 5.69 Å². The summed E-state index contributed by atoms with van der Waals surface area (Å²) in [6, 6.07) is 23.9. The van der Waals surface area contributed by atoms with Gasteiger partial charge in [0, 0.05) is 6.42 Å². The average Bonchev–Trinajstić information content (AvgIpc) is 3.54. The number of rotatable bonds is 6. The smallest absolute Gasteiger partial charge is 0.247 e. The van der Waals surface area contributed by atoms with Crippen LogP contribution in [-0.4, -0.2) is 50.9 Å². The van der Waals surface area contributed by atoms with Gasteiger partial charge in [-0.25, -0.2) is 0 Å². The van der Waals surface area contributed by atoms with Crippen LogP contribution < -0.4 is 5.32 Å². The van der Waals surface area contributed by atoms with Gasteiger partial charge in [-0.15, -0.1) is 0 Å². The van der Waals surface area contributed by atoms with Gasteiger partial charge in [0.05, 0.1) is 35.6 Å². The van der Waals surface area contributed by atoms with E-state index in [2.05, 4.69) is 19.2 Å². The van der Waals surface area contributed by atoms with Crippen molar-refractivity contribution in [3.05, 3.63) is 90.0 Å². The Morgan fingerprint density at radius 3 is 2.34 bits per heavy atom. The Hall–Kier alpha value is -4.11. The first-order valence-electron chi connectivity index (χ1n) is 11.2. The van der Waals surface area contributed by atoms with Crippen LogP contribution in [0.5, 0.6) is 0 Å². The highest BCUT2D eigenvalue weighted by atomic mass is 32.1. The van der Waals surface area contributed by atoms with Crippen LogP contribution in [0, 0.1) is 0 Å². The zero-order valence-electron chi connectivity index (χ0n) is 19.0. The molecule has 0 bridgehead atoms. The highest BCUT2D eigenvalue weighted by Gasteiger charge is 2.41. The summed E-state index contributed by atoms with van der Waals surface area (Å²) in [7, 11) is 1.46. The van der Waals surface area contributed by atoms with Crippen LogP contribution in [0.3, 0.4) is 0 Å². The second-order valence-electron chi connectivity index (χ2n) is 8.21. The number of oxime groups is 1. The summed E-state index contributed by atoms with van der Waals surface area (Å²) in [6.45, 7) is 0.212. The fraction of sp³-hybridized carbons (Fsp3) is 0.192. The van der Waals surface area contributed by atoms with Gasteiger partial charge in [0.1, 0.15) is 24.2 Å². The van der Waals surface area contributed by atoms with E-state index in [1.807, 2.05) is 72.8 Å². The third-order valence-corrected chi connectivity index (χ3v) is 6.56. The van der Waals surface area contributed by atoms with Crippen molar-refractivity contribution in [2.45, 2.75) is 18.4 Å². The van der Waals surface area contributed by atoms with Crippen LogP contribution in [-0.2, 0) is 14.4 Å². The molecule has 2 amide bonds. The number of nitrogens with zero attached hydrogens (tertiary/aromatic N) is 4. The number of likely N-dealkylation sites (tertiary alicyclic amines) is 1. The lowest BCUT2D eigenvalue weighted by atomic mass is 9.90. The minimum Gasteiger partial charge on any atom is -0.399 e. The predicted molar refractivity (Wildman–Crippen MR) is 135 cm³/mol. The molecule has 5 rings (SSSR count). The van der Waals surface area contributed by atoms with Crippen molar-refractivity contribution in [1.82, 2.24) is 13.6 Å². The molecule has 176 valence electrons. The first-order valence-corrected chi connectivity index (χ1v) is 11.9. The lowest BCUT2D eigenvalue weighted by molar-refractivity contribution is -0.137. The summed E-state index contributed by atoms with van der Waals surface area (Å²) in [6.07, 6.45) is 0.285. The number of amides is 2. The van der Waals surface area contributed by atoms with Gasteiger partial charge in [-0.05, 0) is 23.3 Å². The number of carbonyl (C=O) groups excluding carboxylic acids is 2. The summed E-state index contributed by atoms with van der Waals surface area (Å²) >= 11 is 1.09. The molecular formula is C26H23N5O3S. The van der Waals surface area contributed by atoms with Gasteiger partial charge < -0.3 is 15.1 Å². The van der Waals surface area contributed by atoms with Crippen molar-refractivity contribution >= 4 is 46.0 Å². The summed E-state index contributed by atoms with van der Waals surface area (Å²) in [5, 5.41) is 7.02. The Balaban J connectivity index is 1.49.